The van der Waals surface area contributed by atoms with Gasteiger partial charge in [-0.2, -0.15) is 0 Å². The number of H-pyrrole nitrogens is 1. The van der Waals surface area contributed by atoms with Crippen LogP contribution >= 0.6 is 0 Å². The third-order valence-electron chi connectivity index (χ3n) is 9.74. The summed E-state index contributed by atoms with van der Waals surface area (Å²) in [6, 6.07) is 11.0. The zero-order valence-corrected chi connectivity index (χ0v) is 28.1. The van der Waals surface area contributed by atoms with Gasteiger partial charge in [-0.15, -0.1) is 5.10 Å². The lowest BCUT2D eigenvalue weighted by Crippen LogP contribution is -2.52. The number of benzene rings is 2. The highest BCUT2D eigenvalue weighted by Crippen LogP contribution is 2.40. The number of carbonyl (C=O) groups excluding carboxylic acids is 3. The molecule has 2 fully saturated rings. The van der Waals surface area contributed by atoms with E-state index in [1.54, 1.807) is 46.1 Å². The Hall–Kier alpha value is -5.08. The highest BCUT2D eigenvalue weighted by Gasteiger charge is 2.29. The fourth-order valence-electron chi connectivity index (χ4n) is 6.95. The minimum Gasteiger partial charge on any atom is -0.496 e. The molecule has 0 saturated carbocycles. The molecule has 1 N–H and O–H groups in total. The maximum atomic E-state index is 16.6. The lowest BCUT2D eigenvalue weighted by molar-refractivity contribution is -0.136. The highest BCUT2D eigenvalue weighted by atomic mass is 19.1. The predicted molar refractivity (Wildman–Crippen MR) is 184 cm³/mol. The number of halogens is 1. The molecule has 3 aliphatic rings. The van der Waals surface area contributed by atoms with Crippen molar-refractivity contribution in [2.45, 2.75) is 19.4 Å². The number of carbonyl (C=O) groups is 3. The van der Waals surface area contributed by atoms with Crippen LogP contribution in [0.4, 0.5) is 4.39 Å². The Kier molecular flexibility index (Phi) is 9.90. The zero-order chi connectivity index (χ0) is 34.6. The van der Waals surface area contributed by atoms with Crippen LogP contribution in [0, 0.1) is 5.82 Å². The number of para-hydroxylation sites is 1. The van der Waals surface area contributed by atoms with Gasteiger partial charge in [0.05, 0.1) is 45.1 Å². The second-order valence-corrected chi connectivity index (χ2v) is 12.8. The summed E-state index contributed by atoms with van der Waals surface area (Å²) in [6.45, 7) is 5.87. The molecule has 2 saturated heterocycles. The molecule has 13 nitrogen and oxygen atoms in total. The van der Waals surface area contributed by atoms with Crippen molar-refractivity contribution in [3.05, 3.63) is 71.9 Å². The average Bonchev–Trinajstić information content (AvgIpc) is 3.86. The molecule has 0 bridgehead atoms. The first-order valence-corrected chi connectivity index (χ1v) is 17.1. The fraction of sp³-hybridized carbons (Fsp3) is 0.417. The number of fused-ring (bicyclic) bond motifs is 1. The van der Waals surface area contributed by atoms with Gasteiger partial charge >= 0.3 is 0 Å². The standard InChI is InChI=1S/C36H41FN8O5/c1-49-31-7-3-2-6-26(31)28-21-27(25-5-4-10-44(23-25)32(46)8-11-45-12-9-38-40-45)34(37)35-29(28)22-30(39-35)36(48)43-15-13-41(14-16-43)24-33(47)42-17-19-50-20-18-42/h2-3,5-7,9,12,21-22,39H,4,8,10-11,13-20,23-24H2,1H3. The lowest BCUT2D eigenvalue weighted by Gasteiger charge is -2.35. The van der Waals surface area contributed by atoms with Crippen LogP contribution in [0.5, 0.6) is 5.75 Å². The Labute approximate surface area is 289 Å². The van der Waals surface area contributed by atoms with Gasteiger partial charge in [-0.05, 0) is 35.8 Å². The zero-order valence-electron chi connectivity index (χ0n) is 28.1. The molecular weight excluding hydrogens is 643 g/mol. The number of rotatable bonds is 9. The monoisotopic (exact) mass is 684 g/mol. The number of hydrogen-bond donors (Lipinski definition) is 1. The Balaban J connectivity index is 1.13. The van der Waals surface area contributed by atoms with Gasteiger partial charge in [0.2, 0.25) is 11.8 Å². The van der Waals surface area contributed by atoms with Crippen molar-refractivity contribution in [3.8, 4) is 16.9 Å². The molecule has 3 amide bonds. The molecule has 3 aliphatic heterocycles. The molecule has 50 heavy (non-hydrogen) atoms. The fourth-order valence-corrected chi connectivity index (χ4v) is 6.95. The van der Waals surface area contributed by atoms with Crippen molar-refractivity contribution < 1.29 is 28.2 Å². The summed E-state index contributed by atoms with van der Waals surface area (Å²) in [5, 5.41) is 8.29. The number of morpholine rings is 1. The molecule has 0 unspecified atom stereocenters. The summed E-state index contributed by atoms with van der Waals surface area (Å²) in [4.78, 5) is 50.3. The summed E-state index contributed by atoms with van der Waals surface area (Å²) < 4.78 is 29.3. The van der Waals surface area contributed by atoms with E-state index < -0.39 is 5.82 Å². The molecule has 5 heterocycles. The number of amides is 3. The van der Waals surface area contributed by atoms with Crippen LogP contribution in [0.3, 0.4) is 0 Å². The van der Waals surface area contributed by atoms with Crippen molar-refractivity contribution in [3.63, 3.8) is 0 Å². The van der Waals surface area contributed by atoms with Crippen LogP contribution in [0.2, 0.25) is 0 Å². The van der Waals surface area contributed by atoms with Crippen LogP contribution in [-0.4, -0.2) is 137 Å². The van der Waals surface area contributed by atoms with Gasteiger partial charge in [0, 0.05) is 81.5 Å². The number of methoxy groups -OCH3 is 1. The summed E-state index contributed by atoms with van der Waals surface area (Å²) in [5.41, 5.74) is 3.04. The number of aromatic amines is 1. The number of ether oxygens (including phenoxy) is 2. The highest BCUT2D eigenvalue weighted by molar-refractivity contribution is 6.05. The van der Waals surface area contributed by atoms with Crippen LogP contribution in [-0.2, 0) is 20.9 Å². The summed E-state index contributed by atoms with van der Waals surface area (Å²) in [6.07, 6.45) is 6.11. The summed E-state index contributed by atoms with van der Waals surface area (Å²) in [7, 11) is 1.59. The number of aromatic nitrogens is 4. The van der Waals surface area contributed by atoms with E-state index in [-0.39, 0.29) is 41.9 Å². The molecule has 0 spiro atoms. The molecule has 0 aliphatic carbocycles. The maximum Gasteiger partial charge on any atom is 0.270 e. The first-order valence-electron chi connectivity index (χ1n) is 17.1. The SMILES string of the molecule is COc1ccccc1-c1cc(C2=CCCN(C(=O)CCn3ccnn3)C2)c(F)c2[nH]c(C(=O)N3CCN(CC(=O)N4CCOCC4)CC3)cc12. The van der Waals surface area contributed by atoms with E-state index in [4.69, 9.17) is 9.47 Å². The van der Waals surface area contributed by atoms with Gasteiger partial charge in [-0.3, -0.25) is 24.0 Å². The quantitative estimate of drug-likeness (QED) is 0.285. The van der Waals surface area contributed by atoms with Gasteiger partial charge in [-0.1, -0.05) is 29.5 Å². The smallest absolute Gasteiger partial charge is 0.270 e. The molecule has 0 radical (unpaired) electrons. The topological polar surface area (TPSA) is 129 Å². The van der Waals surface area contributed by atoms with Gasteiger partial charge in [0.1, 0.15) is 11.4 Å². The van der Waals surface area contributed by atoms with Gasteiger partial charge < -0.3 is 29.2 Å². The second kappa shape index (κ2) is 14.8. The minimum absolute atomic E-state index is 0.0455. The normalized spacial score (nSPS) is 17.2. The van der Waals surface area contributed by atoms with E-state index in [0.29, 0.717) is 106 Å². The third-order valence-corrected chi connectivity index (χ3v) is 9.74. The number of piperazine rings is 1. The first-order chi connectivity index (χ1) is 24.4. The average molecular weight is 685 g/mol. The Morgan fingerprint density at radius 1 is 0.920 bits per heavy atom. The van der Waals surface area contributed by atoms with Crippen LogP contribution < -0.4 is 4.74 Å². The third kappa shape index (κ3) is 6.98. The van der Waals surface area contributed by atoms with Crippen molar-refractivity contribution >= 4 is 34.2 Å². The number of aryl methyl sites for hydroxylation is 1. The molecule has 7 rings (SSSR count). The van der Waals surface area contributed by atoms with E-state index in [1.165, 1.54) is 0 Å². The summed E-state index contributed by atoms with van der Waals surface area (Å²) >= 11 is 0. The van der Waals surface area contributed by atoms with Crippen molar-refractivity contribution in [2.24, 2.45) is 0 Å². The summed E-state index contributed by atoms with van der Waals surface area (Å²) in [5.74, 6) is -0.0617. The second-order valence-electron chi connectivity index (χ2n) is 12.8. The molecule has 0 atom stereocenters. The van der Waals surface area contributed by atoms with E-state index in [1.807, 2.05) is 35.2 Å². The predicted octanol–water partition coefficient (Wildman–Crippen LogP) is 2.90. The van der Waals surface area contributed by atoms with E-state index >= 15 is 4.39 Å². The minimum atomic E-state index is -0.479. The Morgan fingerprint density at radius 2 is 1.72 bits per heavy atom. The van der Waals surface area contributed by atoms with Crippen molar-refractivity contribution in [1.29, 1.82) is 0 Å². The first kappa shape index (κ1) is 33.4. The molecule has 2 aromatic heterocycles. The largest absolute Gasteiger partial charge is 0.496 e. The number of hydrogen-bond acceptors (Lipinski definition) is 8. The Bertz CT molecular complexity index is 1890. The van der Waals surface area contributed by atoms with Gasteiger partial charge in [0.15, 0.2) is 5.82 Å². The molecule has 262 valence electrons. The lowest BCUT2D eigenvalue weighted by atomic mass is 9.93. The van der Waals surface area contributed by atoms with E-state index in [2.05, 4.69) is 20.2 Å². The Morgan fingerprint density at radius 3 is 2.48 bits per heavy atom. The molecule has 14 heteroatoms. The molecule has 2 aromatic carbocycles. The van der Waals surface area contributed by atoms with Gasteiger partial charge in [0.25, 0.3) is 5.91 Å². The van der Waals surface area contributed by atoms with Gasteiger partial charge in [-0.25, -0.2) is 4.39 Å². The van der Waals surface area contributed by atoms with E-state index in [9.17, 15) is 14.4 Å². The molecular formula is C36H41FN8O5. The van der Waals surface area contributed by atoms with E-state index in [0.717, 1.165) is 5.56 Å². The van der Waals surface area contributed by atoms with Crippen LogP contribution in [0.25, 0.3) is 27.6 Å². The van der Waals surface area contributed by atoms with Crippen LogP contribution in [0.1, 0.15) is 28.9 Å². The van der Waals surface area contributed by atoms with Crippen LogP contribution in [0.15, 0.2) is 54.9 Å². The number of nitrogens with zero attached hydrogens (tertiary/aromatic N) is 7. The van der Waals surface area contributed by atoms with Crippen molar-refractivity contribution in [1.82, 2.24) is 39.6 Å². The number of nitrogens with one attached hydrogen (secondary N) is 1. The van der Waals surface area contributed by atoms with Crippen molar-refractivity contribution in [2.75, 3.05) is 79.2 Å². The maximum absolute atomic E-state index is 16.6. The molecule has 4 aromatic rings.